The summed E-state index contributed by atoms with van der Waals surface area (Å²) in [5, 5.41) is 0. The van der Waals surface area contributed by atoms with Gasteiger partial charge in [-0.1, -0.05) is 0 Å². The average molecular weight is 251 g/mol. The van der Waals surface area contributed by atoms with Gasteiger partial charge in [-0.25, -0.2) is 0 Å². The van der Waals surface area contributed by atoms with Gasteiger partial charge in [0.25, 0.3) is 0 Å². The second kappa shape index (κ2) is 6.83. The number of hydrogen-bond acceptors (Lipinski definition) is 4. The highest BCUT2D eigenvalue weighted by molar-refractivity contribution is 5.10. The first kappa shape index (κ1) is 15.1. The minimum Gasteiger partial charge on any atom is -0.380 e. The summed E-state index contributed by atoms with van der Waals surface area (Å²) in [6.07, 6.45) is 4.75. The Labute approximate surface area is 110 Å². The summed E-state index contributed by atoms with van der Waals surface area (Å²) in [4.78, 5) is 6.30. The minimum atomic E-state index is -0.137. The van der Waals surface area contributed by atoms with Gasteiger partial charge in [-0.05, 0) is 45.0 Å². The van der Waals surface area contributed by atoms with Crippen molar-refractivity contribution in [2.45, 2.75) is 31.9 Å². The molecule has 4 heteroatoms. The highest BCUT2D eigenvalue weighted by atomic mass is 16.5. The predicted molar refractivity (Wildman–Crippen MR) is 74.5 cm³/mol. The first-order valence-corrected chi connectivity index (χ1v) is 6.37. The predicted octanol–water partition coefficient (Wildman–Crippen LogP) is 1.31. The third kappa shape index (κ3) is 3.51. The highest BCUT2D eigenvalue weighted by Gasteiger charge is 2.33. The quantitative estimate of drug-likeness (QED) is 0.794. The topological polar surface area (TPSA) is 51.4 Å². The van der Waals surface area contributed by atoms with Crippen LogP contribution in [0.5, 0.6) is 0 Å². The van der Waals surface area contributed by atoms with Crippen molar-refractivity contribution >= 4 is 0 Å². The number of aromatic nitrogens is 1. The summed E-state index contributed by atoms with van der Waals surface area (Å²) in [5.74, 6) is 0. The van der Waals surface area contributed by atoms with E-state index in [9.17, 15) is 0 Å². The maximum absolute atomic E-state index is 5.92. The molecule has 2 N–H and O–H groups in total. The second-order valence-corrected chi connectivity index (χ2v) is 4.97. The minimum absolute atomic E-state index is 0.102. The maximum atomic E-state index is 5.92. The molecule has 1 rings (SSSR count). The molecule has 0 saturated carbocycles. The van der Waals surface area contributed by atoms with Crippen molar-refractivity contribution < 1.29 is 4.74 Å². The van der Waals surface area contributed by atoms with Crippen LogP contribution in [0.3, 0.4) is 0 Å². The SMILES string of the molecule is COC(C)C(C)(CN)N(C)CCc1ccncc1. The summed E-state index contributed by atoms with van der Waals surface area (Å²) in [7, 11) is 3.83. The molecule has 0 aromatic carbocycles. The largest absolute Gasteiger partial charge is 0.380 e. The zero-order valence-electron chi connectivity index (χ0n) is 11.9. The normalized spacial score (nSPS) is 16.6. The molecule has 1 aromatic rings. The molecule has 1 heterocycles. The molecule has 0 spiro atoms. The van der Waals surface area contributed by atoms with E-state index in [1.54, 1.807) is 7.11 Å². The van der Waals surface area contributed by atoms with Crippen molar-refractivity contribution in [3.05, 3.63) is 30.1 Å². The van der Waals surface area contributed by atoms with Crippen LogP contribution >= 0.6 is 0 Å². The Balaban J connectivity index is 2.60. The summed E-state index contributed by atoms with van der Waals surface area (Å²) in [6.45, 7) is 5.74. The Hall–Kier alpha value is -0.970. The van der Waals surface area contributed by atoms with Gasteiger partial charge in [0.2, 0.25) is 0 Å². The number of likely N-dealkylation sites (N-methyl/N-ethyl adjacent to an activating group) is 1. The fraction of sp³-hybridized carbons (Fsp3) is 0.643. The van der Waals surface area contributed by atoms with Gasteiger partial charge in [-0.3, -0.25) is 9.88 Å². The molecule has 102 valence electrons. The van der Waals surface area contributed by atoms with Crippen molar-refractivity contribution in [2.75, 3.05) is 27.2 Å². The maximum Gasteiger partial charge on any atom is 0.0736 e. The molecule has 0 aliphatic carbocycles. The van der Waals surface area contributed by atoms with Crippen LogP contribution < -0.4 is 5.73 Å². The summed E-state index contributed by atoms with van der Waals surface area (Å²) < 4.78 is 5.45. The zero-order valence-corrected chi connectivity index (χ0v) is 11.9. The summed E-state index contributed by atoms with van der Waals surface area (Å²) in [5.41, 5.74) is 7.08. The Morgan fingerprint density at radius 1 is 1.44 bits per heavy atom. The van der Waals surface area contributed by atoms with E-state index in [4.69, 9.17) is 10.5 Å². The summed E-state index contributed by atoms with van der Waals surface area (Å²) >= 11 is 0. The third-order valence-electron chi connectivity index (χ3n) is 4.00. The van der Waals surface area contributed by atoms with E-state index in [-0.39, 0.29) is 11.6 Å². The van der Waals surface area contributed by atoms with Gasteiger partial charge in [0.15, 0.2) is 0 Å². The van der Waals surface area contributed by atoms with Crippen LogP contribution in [0.25, 0.3) is 0 Å². The van der Waals surface area contributed by atoms with Crippen molar-refractivity contribution in [2.24, 2.45) is 5.73 Å². The van der Waals surface area contributed by atoms with E-state index in [2.05, 4.69) is 30.8 Å². The van der Waals surface area contributed by atoms with Crippen LogP contribution in [0, 0.1) is 0 Å². The highest BCUT2D eigenvalue weighted by Crippen LogP contribution is 2.19. The van der Waals surface area contributed by atoms with E-state index in [0.717, 1.165) is 13.0 Å². The molecule has 0 aliphatic rings. The van der Waals surface area contributed by atoms with E-state index in [1.165, 1.54) is 5.56 Å². The van der Waals surface area contributed by atoms with Crippen LogP contribution in [0.1, 0.15) is 19.4 Å². The Morgan fingerprint density at radius 2 is 2.06 bits per heavy atom. The molecule has 2 unspecified atom stereocenters. The molecule has 0 bridgehead atoms. The summed E-state index contributed by atoms with van der Waals surface area (Å²) in [6, 6.07) is 4.10. The molecular formula is C14H25N3O. The smallest absolute Gasteiger partial charge is 0.0736 e. The first-order chi connectivity index (χ1) is 8.54. The fourth-order valence-corrected chi connectivity index (χ4v) is 1.99. The van der Waals surface area contributed by atoms with Crippen molar-refractivity contribution in [1.82, 2.24) is 9.88 Å². The number of rotatable bonds is 7. The van der Waals surface area contributed by atoms with Crippen LogP contribution in [0.4, 0.5) is 0 Å². The van der Waals surface area contributed by atoms with Crippen molar-refractivity contribution in [1.29, 1.82) is 0 Å². The van der Waals surface area contributed by atoms with Crippen LogP contribution in [0.15, 0.2) is 24.5 Å². The van der Waals surface area contributed by atoms with Gasteiger partial charge in [0.1, 0.15) is 0 Å². The molecular weight excluding hydrogens is 226 g/mol. The monoisotopic (exact) mass is 251 g/mol. The van der Waals surface area contributed by atoms with Crippen molar-refractivity contribution in [3.8, 4) is 0 Å². The fourth-order valence-electron chi connectivity index (χ4n) is 1.99. The zero-order chi connectivity index (χ0) is 13.6. The van der Waals surface area contributed by atoms with Gasteiger partial charge in [0, 0.05) is 32.6 Å². The first-order valence-electron chi connectivity index (χ1n) is 6.37. The molecule has 2 atom stereocenters. The molecule has 0 fully saturated rings. The van der Waals surface area contributed by atoms with Gasteiger partial charge in [-0.2, -0.15) is 0 Å². The van der Waals surface area contributed by atoms with Gasteiger partial charge in [-0.15, -0.1) is 0 Å². The lowest BCUT2D eigenvalue weighted by Crippen LogP contribution is -2.57. The number of methoxy groups -OCH3 is 1. The molecule has 18 heavy (non-hydrogen) atoms. The van der Waals surface area contributed by atoms with E-state index < -0.39 is 0 Å². The molecule has 0 saturated heterocycles. The lowest BCUT2D eigenvalue weighted by molar-refractivity contribution is -0.0189. The van der Waals surface area contributed by atoms with Gasteiger partial charge in [0.05, 0.1) is 11.6 Å². The number of nitrogens with two attached hydrogens (primary N) is 1. The lowest BCUT2D eigenvalue weighted by Gasteiger charge is -2.42. The number of ether oxygens (including phenoxy) is 1. The van der Waals surface area contributed by atoms with E-state index in [0.29, 0.717) is 6.54 Å². The molecule has 0 radical (unpaired) electrons. The average Bonchev–Trinajstić information content (AvgIpc) is 2.43. The molecule has 0 amide bonds. The third-order valence-corrected chi connectivity index (χ3v) is 4.00. The Bertz CT molecular complexity index is 344. The van der Waals surface area contributed by atoms with Crippen LogP contribution in [0.2, 0.25) is 0 Å². The van der Waals surface area contributed by atoms with Gasteiger partial charge < -0.3 is 10.5 Å². The lowest BCUT2D eigenvalue weighted by atomic mass is 9.93. The molecule has 1 aromatic heterocycles. The molecule has 0 aliphatic heterocycles. The number of pyridine rings is 1. The number of hydrogen-bond donors (Lipinski definition) is 1. The Morgan fingerprint density at radius 3 is 2.56 bits per heavy atom. The van der Waals surface area contributed by atoms with Crippen molar-refractivity contribution in [3.63, 3.8) is 0 Å². The van der Waals surface area contributed by atoms with Gasteiger partial charge >= 0.3 is 0 Å². The van der Waals surface area contributed by atoms with Crippen LogP contribution in [-0.2, 0) is 11.2 Å². The Kier molecular flexibility index (Phi) is 5.72. The second-order valence-electron chi connectivity index (χ2n) is 4.97. The van der Waals surface area contributed by atoms with E-state index in [1.807, 2.05) is 24.5 Å². The standard InChI is InChI=1S/C14H25N3O/c1-12(18-4)14(2,11-15)17(3)10-7-13-5-8-16-9-6-13/h5-6,8-9,12H,7,10-11,15H2,1-4H3. The van der Waals surface area contributed by atoms with Crippen LogP contribution in [-0.4, -0.2) is 48.8 Å². The molecule has 4 nitrogen and oxygen atoms in total. The number of nitrogens with zero attached hydrogens (tertiary/aromatic N) is 2. The van der Waals surface area contributed by atoms with E-state index >= 15 is 0 Å².